The number of anilines is 1. The van der Waals surface area contributed by atoms with Crippen molar-refractivity contribution in [3.8, 4) is 11.5 Å². The third-order valence-electron chi connectivity index (χ3n) is 2.80. The zero-order valence-electron chi connectivity index (χ0n) is 11.8. The van der Waals surface area contributed by atoms with Gasteiger partial charge in [0, 0.05) is 12.6 Å². The molecule has 2 N–H and O–H groups in total. The van der Waals surface area contributed by atoms with E-state index in [9.17, 15) is 4.79 Å². The van der Waals surface area contributed by atoms with E-state index in [1.54, 1.807) is 20.3 Å². The number of carboxylic acids is 1. The maximum atomic E-state index is 10.8. The number of rotatable bonds is 7. The average Bonchev–Trinajstić information content (AvgIpc) is 2.34. The highest BCUT2D eigenvalue weighted by Crippen LogP contribution is 2.30. The first-order chi connectivity index (χ1) is 8.88. The second-order valence-electron chi connectivity index (χ2n) is 5.15. The van der Waals surface area contributed by atoms with Crippen LogP contribution in [-0.2, 0) is 4.79 Å². The maximum absolute atomic E-state index is 10.8. The van der Waals surface area contributed by atoms with Gasteiger partial charge in [0.2, 0.25) is 0 Å². The summed E-state index contributed by atoms with van der Waals surface area (Å²) in [4.78, 5) is 10.8. The lowest BCUT2D eigenvalue weighted by atomic mass is 9.89. The van der Waals surface area contributed by atoms with E-state index in [-0.39, 0.29) is 11.8 Å². The number of aliphatic carboxylic acids is 1. The smallest absolute Gasteiger partial charge is 0.303 e. The molecule has 0 aromatic heterocycles. The molecule has 5 nitrogen and oxygen atoms in total. The number of ether oxygens (including phenoxy) is 2. The van der Waals surface area contributed by atoms with E-state index >= 15 is 0 Å². The Kier molecular flexibility index (Phi) is 5.03. The number of nitrogens with one attached hydrogen (secondary N) is 1. The molecule has 0 saturated heterocycles. The van der Waals surface area contributed by atoms with Crippen molar-refractivity contribution < 1.29 is 19.4 Å². The molecule has 0 aliphatic heterocycles. The van der Waals surface area contributed by atoms with Crippen molar-refractivity contribution in [1.82, 2.24) is 0 Å². The van der Waals surface area contributed by atoms with Crippen LogP contribution in [-0.4, -0.2) is 31.8 Å². The Labute approximate surface area is 113 Å². The van der Waals surface area contributed by atoms with Crippen LogP contribution in [0, 0.1) is 5.41 Å². The minimum atomic E-state index is -0.798. The predicted molar refractivity (Wildman–Crippen MR) is 74.1 cm³/mol. The van der Waals surface area contributed by atoms with Gasteiger partial charge in [-0.25, -0.2) is 0 Å². The van der Waals surface area contributed by atoms with E-state index in [0.29, 0.717) is 18.0 Å². The molecule has 19 heavy (non-hydrogen) atoms. The third kappa shape index (κ3) is 4.69. The molecule has 1 aromatic rings. The molecular formula is C14H21NO4. The van der Waals surface area contributed by atoms with Crippen LogP contribution in [0.15, 0.2) is 18.2 Å². The second kappa shape index (κ2) is 6.31. The van der Waals surface area contributed by atoms with Gasteiger partial charge < -0.3 is 19.9 Å². The first-order valence-corrected chi connectivity index (χ1v) is 6.05. The fraction of sp³-hybridized carbons (Fsp3) is 0.500. The molecule has 5 heteroatoms. The van der Waals surface area contributed by atoms with Crippen LogP contribution in [0.25, 0.3) is 0 Å². The molecule has 0 aliphatic carbocycles. The Bertz CT molecular complexity index is 443. The summed E-state index contributed by atoms with van der Waals surface area (Å²) >= 11 is 0. The van der Waals surface area contributed by atoms with Crippen LogP contribution in [0.1, 0.15) is 20.3 Å². The summed E-state index contributed by atoms with van der Waals surface area (Å²) in [6.45, 7) is 4.36. The first-order valence-electron chi connectivity index (χ1n) is 6.05. The van der Waals surface area contributed by atoms with Gasteiger partial charge in [0.15, 0.2) is 0 Å². The molecule has 0 atom stereocenters. The Hall–Kier alpha value is -1.91. The molecule has 0 bridgehead atoms. The maximum Gasteiger partial charge on any atom is 0.303 e. The Morgan fingerprint density at radius 2 is 2.00 bits per heavy atom. The van der Waals surface area contributed by atoms with E-state index in [1.807, 2.05) is 26.0 Å². The predicted octanol–water partition coefficient (Wildman–Crippen LogP) is 2.62. The van der Waals surface area contributed by atoms with Crippen molar-refractivity contribution >= 4 is 11.7 Å². The monoisotopic (exact) mass is 267 g/mol. The molecule has 0 radical (unpaired) electrons. The lowest BCUT2D eigenvalue weighted by Gasteiger charge is -2.24. The summed E-state index contributed by atoms with van der Waals surface area (Å²) in [6.07, 6.45) is 0.110. The van der Waals surface area contributed by atoms with Gasteiger partial charge in [-0.05, 0) is 17.5 Å². The minimum absolute atomic E-state index is 0.110. The summed E-state index contributed by atoms with van der Waals surface area (Å²) in [5.41, 5.74) is 0.485. The van der Waals surface area contributed by atoms with Gasteiger partial charge in [0.1, 0.15) is 11.5 Å². The van der Waals surface area contributed by atoms with Crippen LogP contribution in [0.5, 0.6) is 11.5 Å². The highest BCUT2D eigenvalue weighted by molar-refractivity contribution is 5.68. The molecule has 0 fully saturated rings. The molecular weight excluding hydrogens is 246 g/mol. The SMILES string of the molecule is COc1ccc(NCC(C)(C)CC(=O)O)c(OC)c1. The lowest BCUT2D eigenvalue weighted by molar-refractivity contribution is -0.139. The van der Waals surface area contributed by atoms with Crippen LogP contribution in [0.4, 0.5) is 5.69 Å². The van der Waals surface area contributed by atoms with E-state index in [4.69, 9.17) is 14.6 Å². The van der Waals surface area contributed by atoms with E-state index < -0.39 is 5.97 Å². The topological polar surface area (TPSA) is 67.8 Å². The number of hydrogen-bond acceptors (Lipinski definition) is 4. The number of carboxylic acid groups (broad SMARTS) is 1. The van der Waals surface area contributed by atoms with Gasteiger partial charge >= 0.3 is 5.97 Å². The summed E-state index contributed by atoms with van der Waals surface area (Å²) in [7, 11) is 3.18. The van der Waals surface area contributed by atoms with E-state index in [1.165, 1.54) is 0 Å². The van der Waals surface area contributed by atoms with Crippen LogP contribution in [0.2, 0.25) is 0 Å². The minimum Gasteiger partial charge on any atom is -0.497 e. The number of benzene rings is 1. The fourth-order valence-corrected chi connectivity index (χ4v) is 1.75. The van der Waals surface area contributed by atoms with Gasteiger partial charge in [-0.15, -0.1) is 0 Å². The average molecular weight is 267 g/mol. The van der Waals surface area contributed by atoms with Gasteiger partial charge in [-0.1, -0.05) is 13.8 Å². The summed E-state index contributed by atoms with van der Waals surface area (Å²) in [5.74, 6) is 0.589. The summed E-state index contributed by atoms with van der Waals surface area (Å²) in [6, 6.07) is 5.47. The molecule has 106 valence electrons. The van der Waals surface area contributed by atoms with Crippen molar-refractivity contribution in [2.45, 2.75) is 20.3 Å². The quantitative estimate of drug-likeness (QED) is 0.795. The summed E-state index contributed by atoms with van der Waals surface area (Å²) < 4.78 is 10.4. The van der Waals surface area contributed by atoms with Gasteiger partial charge in [0.25, 0.3) is 0 Å². The Morgan fingerprint density at radius 1 is 1.32 bits per heavy atom. The number of methoxy groups -OCH3 is 2. The number of hydrogen-bond donors (Lipinski definition) is 2. The molecule has 0 aliphatic rings. The fourth-order valence-electron chi connectivity index (χ4n) is 1.75. The normalized spacial score (nSPS) is 10.9. The largest absolute Gasteiger partial charge is 0.497 e. The highest BCUT2D eigenvalue weighted by Gasteiger charge is 2.22. The zero-order chi connectivity index (χ0) is 14.5. The molecule has 0 heterocycles. The van der Waals surface area contributed by atoms with Crippen LogP contribution >= 0.6 is 0 Å². The van der Waals surface area contributed by atoms with Gasteiger partial charge in [-0.3, -0.25) is 4.79 Å². The first kappa shape index (κ1) is 15.1. The second-order valence-corrected chi connectivity index (χ2v) is 5.15. The molecule has 0 amide bonds. The van der Waals surface area contributed by atoms with Crippen LogP contribution < -0.4 is 14.8 Å². The van der Waals surface area contributed by atoms with Crippen molar-refractivity contribution in [3.05, 3.63) is 18.2 Å². The van der Waals surface area contributed by atoms with Crippen molar-refractivity contribution in [1.29, 1.82) is 0 Å². The van der Waals surface area contributed by atoms with E-state index in [2.05, 4.69) is 5.32 Å². The molecule has 0 spiro atoms. The molecule has 0 saturated carbocycles. The van der Waals surface area contributed by atoms with E-state index in [0.717, 1.165) is 5.69 Å². The molecule has 0 unspecified atom stereocenters. The lowest BCUT2D eigenvalue weighted by Crippen LogP contribution is -2.26. The van der Waals surface area contributed by atoms with Crippen LogP contribution in [0.3, 0.4) is 0 Å². The molecule has 1 rings (SSSR count). The summed E-state index contributed by atoms with van der Waals surface area (Å²) in [5, 5.41) is 12.1. The van der Waals surface area contributed by atoms with Gasteiger partial charge in [-0.2, -0.15) is 0 Å². The Balaban J connectivity index is 2.74. The zero-order valence-corrected chi connectivity index (χ0v) is 11.8. The van der Waals surface area contributed by atoms with Gasteiger partial charge in [0.05, 0.1) is 26.3 Å². The Morgan fingerprint density at radius 3 is 2.53 bits per heavy atom. The molecule has 1 aromatic carbocycles. The van der Waals surface area contributed by atoms with Crippen molar-refractivity contribution in [3.63, 3.8) is 0 Å². The van der Waals surface area contributed by atoms with Crippen molar-refractivity contribution in [2.24, 2.45) is 5.41 Å². The third-order valence-corrected chi connectivity index (χ3v) is 2.80. The highest BCUT2D eigenvalue weighted by atomic mass is 16.5. The van der Waals surface area contributed by atoms with Crippen molar-refractivity contribution in [2.75, 3.05) is 26.1 Å². The number of carbonyl (C=O) groups is 1. The standard InChI is InChI=1S/C14H21NO4/c1-14(2,8-13(16)17)9-15-11-6-5-10(18-3)7-12(11)19-4/h5-7,15H,8-9H2,1-4H3,(H,16,17).